The first-order chi connectivity index (χ1) is 18.2. The van der Waals surface area contributed by atoms with Crippen molar-refractivity contribution in [1.29, 1.82) is 0 Å². The third-order valence-electron chi connectivity index (χ3n) is 5.82. The molecule has 0 bridgehead atoms. The molecule has 0 radical (unpaired) electrons. The quantitative estimate of drug-likeness (QED) is 0.262. The molecule has 0 aliphatic heterocycles. The molecule has 1 heterocycles. The van der Waals surface area contributed by atoms with E-state index in [9.17, 15) is 22.8 Å². The molecule has 4 aromatic rings. The third-order valence-corrected chi connectivity index (χ3v) is 5.82. The Bertz CT molecular complexity index is 1420. The number of carbonyl (C=O) groups excluding carboxylic acids is 2. The molecule has 0 saturated heterocycles. The molecule has 38 heavy (non-hydrogen) atoms. The van der Waals surface area contributed by atoms with Gasteiger partial charge in [-0.3, -0.25) is 9.59 Å². The topological polar surface area (TPSA) is 80.6 Å². The number of alkyl halides is 2. The van der Waals surface area contributed by atoms with Crippen LogP contribution in [0.15, 0.2) is 77.4 Å². The summed E-state index contributed by atoms with van der Waals surface area (Å²) in [5.74, 6) is -1.11. The molecule has 2 amide bonds. The fourth-order valence-corrected chi connectivity index (χ4v) is 3.96. The number of rotatable bonds is 10. The van der Waals surface area contributed by atoms with Gasteiger partial charge in [0.25, 0.3) is 18.2 Å². The lowest BCUT2D eigenvalue weighted by Crippen LogP contribution is -2.31. The van der Waals surface area contributed by atoms with E-state index in [1.807, 2.05) is 13.8 Å². The molecule has 198 valence electrons. The number of furan rings is 1. The number of hydrogen-bond donors (Lipinski definition) is 2. The number of benzene rings is 3. The van der Waals surface area contributed by atoms with Gasteiger partial charge in [-0.1, -0.05) is 44.2 Å². The highest BCUT2D eigenvalue weighted by atomic mass is 19.3. The molecule has 4 rings (SSSR count). The van der Waals surface area contributed by atoms with E-state index in [0.717, 1.165) is 0 Å². The van der Waals surface area contributed by atoms with Crippen LogP contribution in [-0.2, 0) is 0 Å². The minimum atomic E-state index is -2.74. The minimum absolute atomic E-state index is 0.0531. The van der Waals surface area contributed by atoms with Gasteiger partial charge in [0.15, 0.2) is 0 Å². The fraction of sp³-hybridized carbons (Fsp3) is 0.241. The van der Waals surface area contributed by atoms with Gasteiger partial charge in [-0.15, -0.1) is 0 Å². The fourth-order valence-electron chi connectivity index (χ4n) is 3.96. The average Bonchev–Trinajstić information content (AvgIpc) is 3.34. The molecule has 1 unspecified atom stereocenters. The number of ether oxygens (including phenoxy) is 1. The summed E-state index contributed by atoms with van der Waals surface area (Å²) < 4.78 is 50.7. The van der Waals surface area contributed by atoms with Crippen molar-refractivity contribution in [2.24, 2.45) is 5.92 Å². The van der Waals surface area contributed by atoms with Crippen LogP contribution >= 0.6 is 0 Å². The summed E-state index contributed by atoms with van der Waals surface area (Å²) in [5, 5.41) is 6.29. The normalized spacial score (nSPS) is 12.1. The summed E-state index contributed by atoms with van der Waals surface area (Å²) in [4.78, 5) is 26.2. The largest absolute Gasteiger partial charge is 0.487 e. The van der Waals surface area contributed by atoms with Crippen LogP contribution in [0.2, 0.25) is 0 Å². The Hall–Kier alpha value is -4.27. The van der Waals surface area contributed by atoms with Crippen molar-refractivity contribution < 1.29 is 31.9 Å². The Morgan fingerprint density at radius 1 is 0.974 bits per heavy atom. The van der Waals surface area contributed by atoms with E-state index in [1.165, 1.54) is 48.7 Å². The van der Waals surface area contributed by atoms with Gasteiger partial charge in [0, 0.05) is 23.1 Å². The highest BCUT2D eigenvalue weighted by molar-refractivity contribution is 6.06. The van der Waals surface area contributed by atoms with Crippen molar-refractivity contribution in [2.45, 2.75) is 26.3 Å². The predicted octanol–water partition coefficient (Wildman–Crippen LogP) is 6.12. The zero-order chi connectivity index (χ0) is 27.2. The summed E-state index contributed by atoms with van der Waals surface area (Å²) in [6.45, 7) is 3.45. The molecule has 1 aromatic heterocycles. The first-order valence-corrected chi connectivity index (χ1v) is 12.1. The Morgan fingerprint density at radius 3 is 2.42 bits per heavy atom. The van der Waals surface area contributed by atoms with E-state index in [4.69, 9.17) is 9.15 Å². The zero-order valence-corrected chi connectivity index (χ0v) is 20.8. The monoisotopic (exact) mass is 524 g/mol. The minimum Gasteiger partial charge on any atom is -0.487 e. The van der Waals surface area contributed by atoms with E-state index in [0.29, 0.717) is 23.1 Å². The predicted molar refractivity (Wildman–Crippen MR) is 137 cm³/mol. The molecule has 3 aromatic carbocycles. The Kier molecular flexibility index (Phi) is 8.35. The van der Waals surface area contributed by atoms with Crippen LogP contribution in [0.25, 0.3) is 11.0 Å². The third kappa shape index (κ3) is 6.34. The van der Waals surface area contributed by atoms with Crippen molar-refractivity contribution in [2.75, 3.05) is 13.2 Å². The van der Waals surface area contributed by atoms with Gasteiger partial charge in [0.05, 0.1) is 11.6 Å². The number of carbonyl (C=O) groups is 2. The van der Waals surface area contributed by atoms with Crippen molar-refractivity contribution in [3.05, 3.63) is 101 Å². The van der Waals surface area contributed by atoms with Crippen LogP contribution in [0.1, 0.15) is 51.7 Å². The van der Waals surface area contributed by atoms with Crippen molar-refractivity contribution in [1.82, 2.24) is 10.6 Å². The van der Waals surface area contributed by atoms with E-state index >= 15 is 0 Å². The second kappa shape index (κ2) is 11.9. The molecule has 0 aliphatic carbocycles. The van der Waals surface area contributed by atoms with Gasteiger partial charge >= 0.3 is 0 Å². The maximum absolute atomic E-state index is 13.8. The van der Waals surface area contributed by atoms with Gasteiger partial charge in [-0.25, -0.2) is 13.2 Å². The number of halogens is 3. The van der Waals surface area contributed by atoms with Gasteiger partial charge in [0.1, 0.15) is 30.0 Å². The summed E-state index contributed by atoms with van der Waals surface area (Å²) in [5.41, 5.74) is 1.74. The SMILES string of the molecule is CC(C)CNC(=O)c1ccc(OCC(F)F)c(C(NC(=O)c2coc3ccccc23)c2ccc(F)cc2)c1. The molecular formula is C29H27F3N2O4. The number of nitrogens with one attached hydrogen (secondary N) is 2. The van der Waals surface area contributed by atoms with Crippen molar-refractivity contribution >= 4 is 22.8 Å². The van der Waals surface area contributed by atoms with E-state index in [1.54, 1.807) is 24.3 Å². The molecule has 2 N–H and O–H groups in total. The van der Waals surface area contributed by atoms with Gasteiger partial charge in [0.2, 0.25) is 0 Å². The van der Waals surface area contributed by atoms with Crippen LogP contribution in [0, 0.1) is 11.7 Å². The molecule has 6 nitrogen and oxygen atoms in total. The maximum Gasteiger partial charge on any atom is 0.272 e. The number of hydrogen-bond acceptors (Lipinski definition) is 4. The first kappa shape index (κ1) is 26.8. The number of amides is 2. The van der Waals surface area contributed by atoms with Crippen LogP contribution < -0.4 is 15.4 Å². The average molecular weight is 525 g/mol. The molecule has 0 saturated carbocycles. The molecule has 0 spiro atoms. The van der Waals surface area contributed by atoms with Crippen molar-refractivity contribution in [3.8, 4) is 5.75 Å². The summed E-state index contributed by atoms with van der Waals surface area (Å²) >= 11 is 0. The Balaban J connectivity index is 1.78. The molecule has 0 aliphatic rings. The highest BCUT2D eigenvalue weighted by Gasteiger charge is 2.25. The number of fused-ring (bicyclic) bond motifs is 1. The van der Waals surface area contributed by atoms with E-state index in [-0.39, 0.29) is 34.3 Å². The summed E-state index contributed by atoms with van der Waals surface area (Å²) in [6.07, 6.45) is -1.42. The first-order valence-electron chi connectivity index (χ1n) is 12.1. The smallest absolute Gasteiger partial charge is 0.272 e. The lowest BCUT2D eigenvalue weighted by Gasteiger charge is -2.23. The number of para-hydroxylation sites is 1. The molecule has 0 fully saturated rings. The van der Waals surface area contributed by atoms with Crippen LogP contribution in [0.3, 0.4) is 0 Å². The van der Waals surface area contributed by atoms with Crippen LogP contribution in [-0.4, -0.2) is 31.4 Å². The van der Waals surface area contributed by atoms with Crippen molar-refractivity contribution in [3.63, 3.8) is 0 Å². The maximum atomic E-state index is 13.8. The lowest BCUT2D eigenvalue weighted by atomic mass is 9.95. The molecule has 9 heteroatoms. The highest BCUT2D eigenvalue weighted by Crippen LogP contribution is 2.33. The second-order valence-electron chi connectivity index (χ2n) is 9.16. The van der Waals surface area contributed by atoms with E-state index in [2.05, 4.69) is 10.6 Å². The molecular weight excluding hydrogens is 497 g/mol. The Labute approximate surface area is 217 Å². The molecule has 1 atom stereocenters. The Morgan fingerprint density at radius 2 is 1.71 bits per heavy atom. The lowest BCUT2D eigenvalue weighted by molar-refractivity contribution is 0.0807. The van der Waals surface area contributed by atoms with Gasteiger partial charge in [-0.05, 0) is 47.9 Å². The van der Waals surface area contributed by atoms with Gasteiger partial charge < -0.3 is 19.8 Å². The van der Waals surface area contributed by atoms with Gasteiger partial charge in [-0.2, -0.15) is 0 Å². The van der Waals surface area contributed by atoms with Crippen LogP contribution in [0.5, 0.6) is 5.75 Å². The van der Waals surface area contributed by atoms with Crippen LogP contribution in [0.4, 0.5) is 13.2 Å². The second-order valence-corrected chi connectivity index (χ2v) is 9.16. The standard InChI is InChI=1S/C29H27F3N2O4/c1-17(2)14-33-28(35)19-9-12-25(38-16-26(31)32)22(13-19)27(18-7-10-20(30)11-8-18)34-29(36)23-15-37-24-6-4-3-5-21(23)24/h3-13,15,17,26-27H,14,16H2,1-2H3,(H,33,35)(H,34,36). The zero-order valence-electron chi connectivity index (χ0n) is 20.8. The summed E-state index contributed by atoms with van der Waals surface area (Å²) in [6, 6.07) is 15.8. The summed E-state index contributed by atoms with van der Waals surface area (Å²) in [7, 11) is 0. The van der Waals surface area contributed by atoms with E-state index < -0.39 is 30.8 Å².